The number of ketones is 1. The summed E-state index contributed by atoms with van der Waals surface area (Å²) in [7, 11) is 0. The van der Waals surface area contributed by atoms with Crippen molar-refractivity contribution in [1.82, 2.24) is 10.6 Å². The molecule has 0 bridgehead atoms. The number of carbonyl (C=O) groups excluding carboxylic acids is 4. The molecule has 2 N–H and O–H groups in total. The quantitative estimate of drug-likeness (QED) is 0.721. The highest BCUT2D eigenvalue weighted by Gasteiger charge is 2.52. The molecule has 0 radical (unpaired) electrons. The second-order valence-corrected chi connectivity index (χ2v) is 6.89. The summed E-state index contributed by atoms with van der Waals surface area (Å²) in [4.78, 5) is 47.1. The largest absolute Gasteiger partial charge is 0.456 e. The Hall–Kier alpha value is -2.12. The van der Waals surface area contributed by atoms with Crippen molar-refractivity contribution in [3.63, 3.8) is 0 Å². The lowest BCUT2D eigenvalue weighted by molar-refractivity contribution is -0.161. The molecule has 2 amide bonds. The van der Waals surface area contributed by atoms with E-state index in [0.717, 1.165) is 0 Å². The summed E-state index contributed by atoms with van der Waals surface area (Å²) in [5.41, 5.74) is -1.66. The van der Waals surface area contributed by atoms with Crippen LogP contribution in [0.25, 0.3) is 0 Å². The molecule has 0 aromatic carbocycles. The van der Waals surface area contributed by atoms with Crippen molar-refractivity contribution in [2.75, 3.05) is 13.1 Å². The van der Waals surface area contributed by atoms with Gasteiger partial charge in [-0.1, -0.05) is 0 Å². The Morgan fingerprint density at radius 1 is 1.39 bits per heavy atom. The number of piperidine rings is 1. The van der Waals surface area contributed by atoms with Gasteiger partial charge in [-0.15, -0.1) is 0 Å². The minimum absolute atomic E-state index is 0.0535. The number of amides is 2. The number of esters is 1. The minimum Gasteiger partial charge on any atom is -0.456 e. The molecule has 0 aromatic rings. The van der Waals surface area contributed by atoms with Crippen LogP contribution in [0.3, 0.4) is 0 Å². The number of alkyl carbamates (subject to hydrolysis) is 1. The van der Waals surface area contributed by atoms with Crippen molar-refractivity contribution in [3.05, 3.63) is 0 Å². The third-order valence-electron chi connectivity index (χ3n) is 3.87. The number of nitrogens with one attached hydrogen (secondary N) is 2. The maximum Gasteiger partial charge on any atom is 0.408 e. The lowest BCUT2D eigenvalue weighted by atomic mass is 9.77. The lowest BCUT2D eigenvalue weighted by Gasteiger charge is -2.38. The smallest absolute Gasteiger partial charge is 0.408 e. The van der Waals surface area contributed by atoms with Crippen molar-refractivity contribution in [2.24, 2.45) is 5.92 Å². The number of hydrogen-bond acceptors (Lipinski definition) is 6. The molecule has 2 rings (SSSR count). The van der Waals surface area contributed by atoms with Crippen LogP contribution in [0, 0.1) is 5.92 Å². The predicted molar refractivity (Wildman–Crippen MR) is 78.4 cm³/mol. The van der Waals surface area contributed by atoms with Gasteiger partial charge in [-0.05, 0) is 20.8 Å². The molecule has 0 aliphatic carbocycles. The number of hydrogen-bond donors (Lipinski definition) is 2. The van der Waals surface area contributed by atoms with Crippen LogP contribution < -0.4 is 10.6 Å². The van der Waals surface area contributed by atoms with E-state index in [9.17, 15) is 19.2 Å². The maximum absolute atomic E-state index is 12.4. The van der Waals surface area contributed by atoms with E-state index < -0.39 is 23.2 Å². The van der Waals surface area contributed by atoms with Gasteiger partial charge >= 0.3 is 12.1 Å². The second kappa shape index (κ2) is 6.17. The van der Waals surface area contributed by atoms with E-state index in [4.69, 9.17) is 9.47 Å². The fourth-order valence-electron chi connectivity index (χ4n) is 2.83. The first-order chi connectivity index (χ1) is 10.6. The first-order valence-electron chi connectivity index (χ1n) is 7.59. The van der Waals surface area contributed by atoms with Gasteiger partial charge in [0.25, 0.3) is 0 Å². The molecule has 23 heavy (non-hydrogen) atoms. The highest BCUT2D eigenvalue weighted by atomic mass is 16.6. The van der Waals surface area contributed by atoms with Gasteiger partial charge in [-0.25, -0.2) is 4.79 Å². The first-order valence-corrected chi connectivity index (χ1v) is 7.59. The molecule has 8 nitrogen and oxygen atoms in total. The normalized spacial score (nSPS) is 27.3. The Labute approximate surface area is 134 Å². The standard InChI is InChI=1S/C15H22N2O6/c1-14(2,3)23-13(21)16-7-10(18)9-6-11(19)17-8-15(9)5-4-12(20)22-15/h9H,4-8H2,1-3H3,(H,16,21)(H,17,19). The van der Waals surface area contributed by atoms with Gasteiger partial charge in [0.05, 0.1) is 19.0 Å². The second-order valence-electron chi connectivity index (χ2n) is 6.89. The van der Waals surface area contributed by atoms with Gasteiger partial charge in [-0.2, -0.15) is 0 Å². The van der Waals surface area contributed by atoms with Crippen molar-refractivity contribution in [2.45, 2.75) is 51.2 Å². The van der Waals surface area contributed by atoms with Crippen molar-refractivity contribution in [3.8, 4) is 0 Å². The van der Waals surface area contributed by atoms with Crippen molar-refractivity contribution >= 4 is 23.8 Å². The van der Waals surface area contributed by atoms with E-state index in [-0.39, 0.29) is 43.6 Å². The van der Waals surface area contributed by atoms with Crippen LogP contribution >= 0.6 is 0 Å². The van der Waals surface area contributed by atoms with Crippen LogP contribution in [0.2, 0.25) is 0 Å². The molecule has 2 aliphatic rings. The molecular formula is C15H22N2O6. The van der Waals surface area contributed by atoms with E-state index in [0.29, 0.717) is 6.42 Å². The molecule has 2 fully saturated rings. The van der Waals surface area contributed by atoms with E-state index in [1.807, 2.05) is 0 Å². The van der Waals surface area contributed by atoms with Gasteiger partial charge in [0.1, 0.15) is 11.2 Å². The van der Waals surface area contributed by atoms with Crippen LogP contribution in [0.1, 0.15) is 40.0 Å². The zero-order valence-corrected chi connectivity index (χ0v) is 13.6. The fourth-order valence-corrected chi connectivity index (χ4v) is 2.83. The number of ether oxygens (including phenoxy) is 2. The maximum atomic E-state index is 12.4. The monoisotopic (exact) mass is 326 g/mol. The highest BCUT2D eigenvalue weighted by Crippen LogP contribution is 2.38. The third kappa shape index (κ3) is 4.20. The van der Waals surface area contributed by atoms with Gasteiger partial charge in [0, 0.05) is 19.3 Å². The molecule has 2 saturated heterocycles. The Bertz CT molecular complexity index is 539. The average Bonchev–Trinajstić information content (AvgIpc) is 2.79. The summed E-state index contributed by atoms with van der Waals surface area (Å²) < 4.78 is 10.4. The van der Waals surface area contributed by atoms with Crippen LogP contribution in [0.5, 0.6) is 0 Å². The Balaban J connectivity index is 1.99. The molecule has 2 atom stereocenters. The predicted octanol–water partition coefficient (Wildman–Crippen LogP) is 0.292. The van der Waals surface area contributed by atoms with E-state index in [1.54, 1.807) is 20.8 Å². The van der Waals surface area contributed by atoms with E-state index in [1.165, 1.54) is 0 Å². The summed E-state index contributed by atoms with van der Waals surface area (Å²) in [6, 6.07) is 0. The van der Waals surface area contributed by atoms with Crippen molar-refractivity contribution < 1.29 is 28.7 Å². The van der Waals surface area contributed by atoms with Crippen LogP contribution in [0.15, 0.2) is 0 Å². The summed E-state index contributed by atoms with van der Waals surface area (Å²) in [6.45, 7) is 5.00. The number of Topliss-reactive ketones (excluding diaryl/α,β-unsaturated/α-hetero) is 1. The molecule has 2 unspecified atom stereocenters. The zero-order valence-electron chi connectivity index (χ0n) is 13.6. The summed E-state index contributed by atoms with van der Waals surface area (Å²) in [5, 5.41) is 5.02. The van der Waals surface area contributed by atoms with Gasteiger partial charge in [-0.3, -0.25) is 14.4 Å². The fraction of sp³-hybridized carbons (Fsp3) is 0.733. The van der Waals surface area contributed by atoms with Gasteiger partial charge in [0.15, 0.2) is 5.78 Å². The first kappa shape index (κ1) is 17.2. The molecule has 128 valence electrons. The topological polar surface area (TPSA) is 111 Å². The van der Waals surface area contributed by atoms with Gasteiger partial charge in [0.2, 0.25) is 5.91 Å². The average molecular weight is 326 g/mol. The lowest BCUT2D eigenvalue weighted by Crippen LogP contribution is -2.58. The molecule has 2 aliphatic heterocycles. The minimum atomic E-state index is -0.988. The molecular weight excluding hydrogens is 304 g/mol. The van der Waals surface area contributed by atoms with E-state index >= 15 is 0 Å². The summed E-state index contributed by atoms with van der Waals surface area (Å²) >= 11 is 0. The molecule has 2 heterocycles. The Kier molecular flexibility index (Phi) is 4.63. The van der Waals surface area contributed by atoms with Crippen molar-refractivity contribution in [1.29, 1.82) is 0 Å². The summed E-state index contributed by atoms with van der Waals surface area (Å²) in [6.07, 6.45) is -0.153. The Morgan fingerprint density at radius 3 is 2.65 bits per heavy atom. The number of rotatable bonds is 3. The van der Waals surface area contributed by atoms with Gasteiger partial charge < -0.3 is 20.1 Å². The number of carbonyl (C=O) groups is 4. The third-order valence-corrected chi connectivity index (χ3v) is 3.87. The molecule has 0 aromatic heterocycles. The Morgan fingerprint density at radius 2 is 2.09 bits per heavy atom. The van der Waals surface area contributed by atoms with Crippen LogP contribution in [-0.4, -0.2) is 48.0 Å². The SMILES string of the molecule is CC(C)(C)OC(=O)NCC(=O)C1CC(=O)NCC12CCC(=O)O2. The molecule has 1 spiro atoms. The highest BCUT2D eigenvalue weighted by molar-refractivity contribution is 5.93. The van der Waals surface area contributed by atoms with Crippen LogP contribution in [-0.2, 0) is 23.9 Å². The van der Waals surface area contributed by atoms with Crippen LogP contribution in [0.4, 0.5) is 4.79 Å². The summed E-state index contributed by atoms with van der Waals surface area (Å²) in [5.74, 6) is -1.74. The molecule has 0 saturated carbocycles. The van der Waals surface area contributed by atoms with E-state index in [2.05, 4.69) is 10.6 Å². The zero-order chi connectivity index (χ0) is 17.3. The molecule has 8 heteroatoms.